The number of esters is 1. The van der Waals surface area contributed by atoms with E-state index in [1.165, 1.54) is 7.11 Å². The van der Waals surface area contributed by atoms with Crippen molar-refractivity contribution in [2.24, 2.45) is 5.41 Å². The molecule has 1 aromatic heterocycles. The SMILES string of the molecule is CCC(CC)(CNCc1ccc(-c2ccc(C(=O)OC)cc2)o1)C(=O)O. The van der Waals surface area contributed by atoms with Gasteiger partial charge in [0.1, 0.15) is 11.5 Å². The van der Waals surface area contributed by atoms with Crippen LogP contribution in [-0.4, -0.2) is 30.7 Å². The Morgan fingerprint density at radius 1 is 1.12 bits per heavy atom. The second-order valence-corrected chi connectivity index (χ2v) is 6.23. The molecular weight excluding hydrogens is 334 g/mol. The monoisotopic (exact) mass is 359 g/mol. The van der Waals surface area contributed by atoms with Crippen LogP contribution in [0.3, 0.4) is 0 Å². The van der Waals surface area contributed by atoms with E-state index in [4.69, 9.17) is 4.42 Å². The fourth-order valence-corrected chi connectivity index (χ4v) is 2.82. The summed E-state index contributed by atoms with van der Waals surface area (Å²) in [7, 11) is 1.35. The van der Waals surface area contributed by atoms with Crippen molar-refractivity contribution in [1.82, 2.24) is 5.32 Å². The number of carboxylic acid groups (broad SMARTS) is 1. The summed E-state index contributed by atoms with van der Waals surface area (Å²) < 4.78 is 10.5. The molecule has 0 radical (unpaired) electrons. The van der Waals surface area contributed by atoms with Crippen LogP contribution in [0.4, 0.5) is 0 Å². The normalized spacial score (nSPS) is 11.3. The molecule has 1 heterocycles. The van der Waals surface area contributed by atoms with Crippen molar-refractivity contribution in [1.29, 1.82) is 0 Å². The van der Waals surface area contributed by atoms with Crippen LogP contribution in [-0.2, 0) is 16.1 Å². The lowest BCUT2D eigenvalue weighted by Crippen LogP contribution is -2.39. The molecule has 26 heavy (non-hydrogen) atoms. The standard InChI is InChI=1S/C20H25NO5/c1-4-20(5-2,19(23)24)13-21-12-16-10-11-17(26-16)14-6-8-15(9-7-14)18(22)25-3/h6-11,21H,4-5,12-13H2,1-3H3,(H,23,24). The third-order valence-corrected chi connectivity index (χ3v) is 4.82. The molecule has 0 aliphatic rings. The molecule has 140 valence electrons. The molecule has 1 aromatic carbocycles. The van der Waals surface area contributed by atoms with E-state index >= 15 is 0 Å². The van der Waals surface area contributed by atoms with Gasteiger partial charge in [-0.25, -0.2) is 4.79 Å². The second kappa shape index (κ2) is 8.67. The van der Waals surface area contributed by atoms with E-state index in [2.05, 4.69) is 10.1 Å². The zero-order valence-corrected chi connectivity index (χ0v) is 15.4. The van der Waals surface area contributed by atoms with Crippen molar-refractivity contribution in [3.8, 4) is 11.3 Å². The van der Waals surface area contributed by atoms with Gasteiger partial charge >= 0.3 is 11.9 Å². The smallest absolute Gasteiger partial charge is 0.337 e. The number of nitrogens with one attached hydrogen (secondary N) is 1. The number of benzene rings is 1. The minimum absolute atomic E-state index is 0.380. The van der Waals surface area contributed by atoms with E-state index < -0.39 is 11.4 Å². The number of aliphatic carboxylic acids is 1. The molecule has 0 aliphatic heterocycles. The Morgan fingerprint density at radius 3 is 2.31 bits per heavy atom. The number of carbonyl (C=O) groups is 2. The number of carboxylic acids is 1. The van der Waals surface area contributed by atoms with Gasteiger partial charge in [-0.1, -0.05) is 26.0 Å². The van der Waals surface area contributed by atoms with E-state index in [0.717, 1.165) is 11.3 Å². The molecule has 0 bridgehead atoms. The van der Waals surface area contributed by atoms with Crippen molar-refractivity contribution < 1.29 is 23.8 Å². The predicted molar refractivity (Wildman–Crippen MR) is 97.8 cm³/mol. The number of rotatable bonds is 9. The van der Waals surface area contributed by atoms with Gasteiger partial charge in [0.2, 0.25) is 0 Å². The van der Waals surface area contributed by atoms with Gasteiger partial charge in [0.25, 0.3) is 0 Å². The summed E-state index contributed by atoms with van der Waals surface area (Å²) in [5.41, 5.74) is 0.582. The van der Waals surface area contributed by atoms with Crippen molar-refractivity contribution in [2.75, 3.05) is 13.7 Å². The van der Waals surface area contributed by atoms with Gasteiger partial charge in [-0.2, -0.15) is 0 Å². The third kappa shape index (κ3) is 4.32. The third-order valence-electron chi connectivity index (χ3n) is 4.82. The molecule has 0 spiro atoms. The molecule has 2 N–H and O–H groups in total. The number of hydrogen-bond donors (Lipinski definition) is 2. The molecule has 0 fully saturated rings. The Hall–Kier alpha value is -2.60. The van der Waals surface area contributed by atoms with Crippen LogP contribution in [0.1, 0.15) is 42.8 Å². The van der Waals surface area contributed by atoms with Crippen LogP contribution in [0.15, 0.2) is 40.8 Å². The highest BCUT2D eigenvalue weighted by Crippen LogP contribution is 2.26. The van der Waals surface area contributed by atoms with Crippen LogP contribution >= 0.6 is 0 Å². The van der Waals surface area contributed by atoms with Gasteiger partial charge in [-0.15, -0.1) is 0 Å². The first-order chi connectivity index (χ1) is 12.5. The highest BCUT2D eigenvalue weighted by molar-refractivity contribution is 5.89. The fourth-order valence-electron chi connectivity index (χ4n) is 2.82. The van der Waals surface area contributed by atoms with E-state index in [9.17, 15) is 14.7 Å². The van der Waals surface area contributed by atoms with Crippen LogP contribution < -0.4 is 5.32 Å². The van der Waals surface area contributed by atoms with E-state index in [-0.39, 0.29) is 5.97 Å². The molecule has 6 nitrogen and oxygen atoms in total. The summed E-state index contributed by atoms with van der Waals surface area (Å²) >= 11 is 0. The average molecular weight is 359 g/mol. The van der Waals surface area contributed by atoms with Gasteiger partial charge in [0, 0.05) is 12.1 Å². The zero-order chi connectivity index (χ0) is 19.2. The molecule has 0 aliphatic carbocycles. The maximum Gasteiger partial charge on any atom is 0.337 e. The maximum absolute atomic E-state index is 11.5. The average Bonchev–Trinajstić information content (AvgIpc) is 3.13. The first kappa shape index (κ1) is 19.7. The summed E-state index contributed by atoms with van der Waals surface area (Å²) in [6, 6.07) is 10.7. The first-order valence-corrected chi connectivity index (χ1v) is 8.67. The summed E-state index contributed by atoms with van der Waals surface area (Å²) in [4.78, 5) is 23.0. The van der Waals surface area contributed by atoms with Crippen LogP contribution in [0, 0.1) is 5.41 Å². The van der Waals surface area contributed by atoms with Gasteiger partial charge in [-0.3, -0.25) is 4.79 Å². The highest BCUT2D eigenvalue weighted by Gasteiger charge is 2.34. The largest absolute Gasteiger partial charge is 0.481 e. The molecule has 0 saturated carbocycles. The number of ether oxygens (including phenoxy) is 1. The molecule has 0 saturated heterocycles. The van der Waals surface area contributed by atoms with Gasteiger partial charge < -0.3 is 19.6 Å². The quantitative estimate of drug-likeness (QED) is 0.664. The van der Waals surface area contributed by atoms with E-state index in [0.29, 0.717) is 37.3 Å². The summed E-state index contributed by atoms with van der Waals surface area (Å²) in [5, 5.41) is 12.6. The molecule has 0 amide bonds. The Labute approximate surface area is 153 Å². The highest BCUT2D eigenvalue weighted by atomic mass is 16.5. The molecule has 0 unspecified atom stereocenters. The zero-order valence-electron chi connectivity index (χ0n) is 15.4. The Balaban J connectivity index is 1.99. The lowest BCUT2D eigenvalue weighted by molar-refractivity contribution is -0.149. The molecule has 0 atom stereocenters. The second-order valence-electron chi connectivity index (χ2n) is 6.23. The van der Waals surface area contributed by atoms with E-state index in [1.807, 2.05) is 26.0 Å². The lowest BCUT2D eigenvalue weighted by Gasteiger charge is -2.26. The minimum atomic E-state index is -0.777. The predicted octanol–water partition coefficient (Wildman–Crippen LogP) is 3.71. The van der Waals surface area contributed by atoms with Crippen molar-refractivity contribution in [3.63, 3.8) is 0 Å². The van der Waals surface area contributed by atoms with Gasteiger partial charge in [0.05, 0.1) is 24.6 Å². The van der Waals surface area contributed by atoms with Crippen molar-refractivity contribution in [2.45, 2.75) is 33.2 Å². The Morgan fingerprint density at radius 2 is 1.77 bits per heavy atom. The Bertz CT molecular complexity index is 744. The van der Waals surface area contributed by atoms with Crippen LogP contribution in [0.25, 0.3) is 11.3 Å². The summed E-state index contributed by atoms with van der Waals surface area (Å²) in [5.74, 6) is 0.257. The lowest BCUT2D eigenvalue weighted by atomic mass is 9.82. The van der Waals surface area contributed by atoms with Gasteiger partial charge in [-0.05, 0) is 37.1 Å². The maximum atomic E-state index is 11.5. The molecule has 2 aromatic rings. The van der Waals surface area contributed by atoms with Crippen LogP contribution in [0.5, 0.6) is 0 Å². The van der Waals surface area contributed by atoms with Gasteiger partial charge in [0.15, 0.2) is 0 Å². The summed E-state index contributed by atoms with van der Waals surface area (Å²) in [6.07, 6.45) is 1.14. The van der Waals surface area contributed by atoms with Crippen molar-refractivity contribution >= 4 is 11.9 Å². The number of furan rings is 1. The van der Waals surface area contributed by atoms with E-state index in [1.54, 1.807) is 24.3 Å². The number of hydrogen-bond acceptors (Lipinski definition) is 5. The molecular formula is C20H25NO5. The molecule has 2 rings (SSSR count). The topological polar surface area (TPSA) is 88.8 Å². The molecule has 6 heteroatoms. The fraction of sp³-hybridized carbons (Fsp3) is 0.400. The van der Waals surface area contributed by atoms with Crippen molar-refractivity contribution in [3.05, 3.63) is 47.7 Å². The summed E-state index contributed by atoms with van der Waals surface area (Å²) in [6.45, 7) is 4.62. The Kier molecular flexibility index (Phi) is 6.58. The van der Waals surface area contributed by atoms with Crippen LogP contribution in [0.2, 0.25) is 0 Å². The number of carbonyl (C=O) groups excluding carboxylic acids is 1. The number of methoxy groups -OCH3 is 1. The minimum Gasteiger partial charge on any atom is -0.481 e. The first-order valence-electron chi connectivity index (χ1n) is 8.67.